The highest BCUT2D eigenvalue weighted by molar-refractivity contribution is 5.30. The normalized spacial score (nSPS) is 27.7. The zero-order valence-corrected chi connectivity index (χ0v) is 13.9. The minimum atomic E-state index is -4.40. The van der Waals surface area contributed by atoms with Gasteiger partial charge in [-0.1, -0.05) is 12.2 Å². The number of allylic oxidation sites excluding steroid dienone is 3. The zero-order chi connectivity index (χ0) is 18.0. The van der Waals surface area contributed by atoms with E-state index in [1.165, 1.54) is 11.8 Å². The van der Waals surface area contributed by atoms with Crippen LogP contribution in [0.15, 0.2) is 40.2 Å². The van der Waals surface area contributed by atoms with E-state index >= 15 is 0 Å². The molecule has 0 bridgehead atoms. The second-order valence-corrected chi connectivity index (χ2v) is 6.47. The lowest BCUT2D eigenvalue weighted by atomic mass is 10.1. The van der Waals surface area contributed by atoms with Gasteiger partial charge in [0.15, 0.2) is 0 Å². The second kappa shape index (κ2) is 7.19. The van der Waals surface area contributed by atoms with E-state index in [9.17, 15) is 13.2 Å². The highest BCUT2D eigenvalue weighted by Gasteiger charge is 2.36. The van der Waals surface area contributed by atoms with Crippen LogP contribution >= 0.6 is 0 Å². The van der Waals surface area contributed by atoms with Crippen molar-refractivity contribution in [3.8, 4) is 0 Å². The molecule has 9 heteroatoms. The Morgan fingerprint density at radius 3 is 2.80 bits per heavy atom. The van der Waals surface area contributed by atoms with Gasteiger partial charge in [0.1, 0.15) is 5.70 Å². The van der Waals surface area contributed by atoms with E-state index in [4.69, 9.17) is 5.73 Å². The predicted octanol–water partition coefficient (Wildman–Crippen LogP) is 0.726. The lowest BCUT2D eigenvalue weighted by Crippen LogP contribution is -2.56. The summed E-state index contributed by atoms with van der Waals surface area (Å²) in [5.74, 6) is 0. The van der Waals surface area contributed by atoms with Crippen LogP contribution in [-0.2, 0) is 0 Å². The van der Waals surface area contributed by atoms with Crippen LogP contribution in [0.4, 0.5) is 13.2 Å². The molecule has 4 N–H and O–H groups in total. The maximum atomic E-state index is 12.7. The van der Waals surface area contributed by atoms with E-state index in [0.29, 0.717) is 13.1 Å². The molecule has 138 valence electrons. The van der Waals surface area contributed by atoms with Gasteiger partial charge in [-0.25, -0.2) is 5.43 Å². The summed E-state index contributed by atoms with van der Waals surface area (Å²) in [7, 11) is 0. The van der Waals surface area contributed by atoms with Crippen molar-refractivity contribution < 1.29 is 13.2 Å². The Morgan fingerprint density at radius 2 is 2.12 bits per heavy atom. The molecule has 0 aromatic heterocycles. The molecule has 25 heavy (non-hydrogen) atoms. The molecule has 1 fully saturated rings. The fourth-order valence-electron chi connectivity index (χ4n) is 3.25. The summed E-state index contributed by atoms with van der Waals surface area (Å²) in [5, 5.41) is 4.47. The van der Waals surface area contributed by atoms with E-state index in [1.807, 2.05) is 0 Å². The first kappa shape index (κ1) is 18.0. The number of rotatable bonds is 4. The molecule has 0 aromatic rings. The van der Waals surface area contributed by atoms with Crippen LogP contribution in [0, 0.1) is 0 Å². The van der Waals surface area contributed by atoms with Crippen molar-refractivity contribution in [1.82, 2.24) is 20.7 Å². The number of nitrogens with one attached hydrogen (secondary N) is 2. The third kappa shape index (κ3) is 4.23. The lowest BCUT2D eigenvalue weighted by Gasteiger charge is -2.43. The van der Waals surface area contributed by atoms with Gasteiger partial charge in [0, 0.05) is 37.9 Å². The van der Waals surface area contributed by atoms with Crippen molar-refractivity contribution in [3.63, 3.8) is 0 Å². The van der Waals surface area contributed by atoms with E-state index in [0.717, 1.165) is 37.7 Å². The number of nitrogens with zero attached hydrogens (tertiary/aromatic N) is 3. The van der Waals surface area contributed by atoms with Crippen molar-refractivity contribution in [2.45, 2.75) is 24.8 Å². The summed E-state index contributed by atoms with van der Waals surface area (Å²) in [4.78, 5) is 6.12. The van der Waals surface area contributed by atoms with Gasteiger partial charge < -0.3 is 16.1 Å². The average Bonchev–Trinajstić information content (AvgIpc) is 2.56. The number of alkyl halides is 3. The lowest BCUT2D eigenvalue weighted by molar-refractivity contribution is -0.0977. The minimum absolute atomic E-state index is 0.275. The monoisotopic (exact) mass is 356 g/mol. The molecule has 3 heterocycles. The predicted molar refractivity (Wildman–Crippen MR) is 90.5 cm³/mol. The second-order valence-electron chi connectivity index (χ2n) is 6.47. The fourth-order valence-corrected chi connectivity index (χ4v) is 3.25. The quantitative estimate of drug-likeness (QED) is 0.648. The van der Waals surface area contributed by atoms with Crippen molar-refractivity contribution >= 4 is 6.72 Å². The molecule has 0 amide bonds. The summed E-state index contributed by atoms with van der Waals surface area (Å²) in [6.45, 7) is 7.09. The molecule has 0 saturated carbocycles. The molecular formula is C16H23F3N6. The molecule has 0 aromatic carbocycles. The Hall–Kier alpha value is -1.84. The van der Waals surface area contributed by atoms with E-state index < -0.39 is 18.0 Å². The molecule has 6 nitrogen and oxygen atoms in total. The van der Waals surface area contributed by atoms with Gasteiger partial charge in [-0.05, 0) is 24.8 Å². The minimum Gasteiger partial charge on any atom is -0.362 e. The van der Waals surface area contributed by atoms with Crippen molar-refractivity contribution in [2.75, 3.05) is 32.7 Å². The van der Waals surface area contributed by atoms with Crippen LogP contribution in [0.3, 0.4) is 0 Å². The van der Waals surface area contributed by atoms with Crippen LogP contribution in [0.1, 0.15) is 6.42 Å². The summed E-state index contributed by atoms with van der Waals surface area (Å²) in [6.07, 6.45) is 0.397. The smallest absolute Gasteiger partial charge is 0.362 e. The Balaban J connectivity index is 1.61. The van der Waals surface area contributed by atoms with Crippen molar-refractivity contribution in [3.05, 3.63) is 35.2 Å². The first-order valence-electron chi connectivity index (χ1n) is 8.24. The van der Waals surface area contributed by atoms with Crippen LogP contribution in [-0.4, -0.2) is 67.7 Å². The van der Waals surface area contributed by atoms with Gasteiger partial charge >= 0.3 is 6.18 Å². The van der Waals surface area contributed by atoms with Crippen LogP contribution in [0.25, 0.3) is 0 Å². The highest BCUT2D eigenvalue weighted by atomic mass is 19.4. The van der Waals surface area contributed by atoms with Gasteiger partial charge in [-0.2, -0.15) is 13.2 Å². The van der Waals surface area contributed by atoms with E-state index in [2.05, 4.69) is 38.4 Å². The average molecular weight is 356 g/mol. The SMILES string of the molecule is C=NCC1CC=C2CN(CC3=CC=C(C(F)(F)F)NC3N)CCN2N1. The van der Waals surface area contributed by atoms with Gasteiger partial charge in [0.05, 0.1) is 12.7 Å². The molecule has 0 spiro atoms. The number of hydrazine groups is 1. The molecule has 2 atom stereocenters. The van der Waals surface area contributed by atoms with E-state index in [-0.39, 0.29) is 6.04 Å². The summed E-state index contributed by atoms with van der Waals surface area (Å²) < 4.78 is 38.1. The Bertz CT molecular complexity index is 609. The maximum Gasteiger partial charge on any atom is 0.430 e. The Kier molecular flexibility index (Phi) is 5.16. The molecule has 3 aliphatic rings. The molecule has 1 saturated heterocycles. The topological polar surface area (TPSA) is 68.9 Å². The van der Waals surface area contributed by atoms with Crippen LogP contribution in [0.5, 0.6) is 0 Å². The first-order chi connectivity index (χ1) is 11.9. The molecule has 0 aliphatic carbocycles. The fraction of sp³-hybridized carbons (Fsp3) is 0.562. The maximum absolute atomic E-state index is 12.7. The number of hydrogen-bond acceptors (Lipinski definition) is 6. The largest absolute Gasteiger partial charge is 0.430 e. The van der Waals surface area contributed by atoms with Gasteiger partial charge in [0.25, 0.3) is 0 Å². The molecule has 3 rings (SSSR count). The number of nitrogens with two attached hydrogens (primary N) is 1. The number of piperazine rings is 1. The third-order valence-corrected chi connectivity index (χ3v) is 4.58. The number of aliphatic imine (C=N–C) groups is 1. The van der Waals surface area contributed by atoms with Crippen molar-refractivity contribution in [2.24, 2.45) is 10.7 Å². The summed E-state index contributed by atoms with van der Waals surface area (Å²) >= 11 is 0. The Labute approximate surface area is 144 Å². The molecular weight excluding hydrogens is 333 g/mol. The third-order valence-electron chi connectivity index (χ3n) is 4.58. The summed E-state index contributed by atoms with van der Waals surface area (Å²) in [6, 6.07) is 0.275. The van der Waals surface area contributed by atoms with Gasteiger partial charge in [-0.3, -0.25) is 9.89 Å². The standard InChI is InChI=1S/C16H23F3N6/c1-21-8-12-3-4-13-10-24(6-7-25(13)23-12)9-11-2-5-14(16(17,18)19)22-15(11)20/h2,4-5,12,15,22-23H,1,3,6-10,20H2. The number of dihydropyridines is 1. The molecule has 2 unspecified atom stereocenters. The number of hydrogen-bond donors (Lipinski definition) is 3. The van der Waals surface area contributed by atoms with Crippen LogP contribution in [0.2, 0.25) is 0 Å². The van der Waals surface area contributed by atoms with Crippen LogP contribution < -0.4 is 16.5 Å². The van der Waals surface area contributed by atoms with Gasteiger partial charge in [0.2, 0.25) is 0 Å². The highest BCUT2D eigenvalue weighted by Crippen LogP contribution is 2.27. The first-order valence-corrected chi connectivity index (χ1v) is 8.24. The van der Waals surface area contributed by atoms with E-state index in [1.54, 1.807) is 0 Å². The zero-order valence-electron chi connectivity index (χ0n) is 13.9. The van der Waals surface area contributed by atoms with Gasteiger partial charge in [-0.15, -0.1) is 0 Å². The molecule has 3 aliphatic heterocycles. The summed E-state index contributed by atoms with van der Waals surface area (Å²) in [5.41, 5.74) is 10.4. The number of halogens is 3. The molecule has 0 radical (unpaired) electrons. The number of fused-ring (bicyclic) bond motifs is 1. The Morgan fingerprint density at radius 1 is 1.32 bits per heavy atom. The van der Waals surface area contributed by atoms with Crippen molar-refractivity contribution in [1.29, 1.82) is 0 Å².